The summed E-state index contributed by atoms with van der Waals surface area (Å²) < 4.78 is 0. The Morgan fingerprint density at radius 2 is 1.67 bits per heavy atom. The number of hydrogen-bond acceptors (Lipinski definition) is 2. The molecule has 0 saturated heterocycles. The van der Waals surface area contributed by atoms with E-state index in [9.17, 15) is 4.79 Å². The molecular weight excluding hydrogens is 186 g/mol. The second-order valence-electron chi connectivity index (χ2n) is 4.35. The van der Waals surface area contributed by atoms with Crippen molar-refractivity contribution in [3.63, 3.8) is 0 Å². The number of Topliss-reactive ketones (excluding diaryl/α,β-unsaturated/α-hetero) is 1. The lowest BCUT2D eigenvalue weighted by molar-refractivity contribution is -0.119. The van der Waals surface area contributed by atoms with Crippen LogP contribution >= 0.6 is 0 Å². The SMILES string of the molecule is CCCC(=O)CCCCCCN(C)CC. The lowest BCUT2D eigenvalue weighted by atomic mass is 10.1. The number of nitrogens with zero attached hydrogens (tertiary/aromatic N) is 1. The molecule has 0 unspecified atom stereocenters. The minimum Gasteiger partial charge on any atom is -0.307 e. The molecule has 90 valence electrons. The van der Waals surface area contributed by atoms with Crippen molar-refractivity contribution < 1.29 is 4.79 Å². The Morgan fingerprint density at radius 1 is 1.00 bits per heavy atom. The van der Waals surface area contributed by atoms with Crippen molar-refractivity contribution in [1.29, 1.82) is 0 Å². The first-order chi connectivity index (χ1) is 7.20. The Balaban J connectivity index is 3.14. The quantitative estimate of drug-likeness (QED) is 0.519. The summed E-state index contributed by atoms with van der Waals surface area (Å²) in [4.78, 5) is 13.6. The Morgan fingerprint density at radius 3 is 2.27 bits per heavy atom. The van der Waals surface area contributed by atoms with Crippen molar-refractivity contribution >= 4 is 5.78 Å². The third kappa shape index (κ3) is 9.92. The van der Waals surface area contributed by atoms with Gasteiger partial charge in [0.2, 0.25) is 0 Å². The van der Waals surface area contributed by atoms with Crippen LogP contribution in [-0.2, 0) is 4.79 Å². The molecule has 0 N–H and O–H groups in total. The van der Waals surface area contributed by atoms with E-state index < -0.39 is 0 Å². The van der Waals surface area contributed by atoms with Gasteiger partial charge >= 0.3 is 0 Å². The van der Waals surface area contributed by atoms with E-state index in [2.05, 4.69) is 25.8 Å². The van der Waals surface area contributed by atoms with Crippen LogP contribution in [0.1, 0.15) is 58.8 Å². The third-order valence-corrected chi connectivity index (χ3v) is 2.81. The highest BCUT2D eigenvalue weighted by molar-refractivity contribution is 5.78. The predicted molar refractivity (Wildman–Crippen MR) is 66.2 cm³/mol. The van der Waals surface area contributed by atoms with Crippen molar-refractivity contribution in [2.45, 2.75) is 58.8 Å². The van der Waals surface area contributed by atoms with Gasteiger partial charge in [-0.3, -0.25) is 4.79 Å². The Labute approximate surface area is 95.0 Å². The Kier molecular flexibility index (Phi) is 9.91. The molecule has 0 saturated carbocycles. The molecule has 0 heterocycles. The standard InChI is InChI=1S/C13H27NO/c1-4-10-13(15)11-8-6-7-9-12-14(3)5-2/h4-12H2,1-3H3. The van der Waals surface area contributed by atoms with Gasteiger partial charge in [-0.2, -0.15) is 0 Å². The molecule has 0 spiro atoms. The van der Waals surface area contributed by atoms with Gasteiger partial charge in [0.15, 0.2) is 0 Å². The van der Waals surface area contributed by atoms with Crippen LogP contribution in [0.2, 0.25) is 0 Å². The predicted octanol–water partition coefficient (Wildman–Crippen LogP) is 3.26. The van der Waals surface area contributed by atoms with Gasteiger partial charge in [-0.1, -0.05) is 26.7 Å². The maximum atomic E-state index is 11.2. The zero-order valence-electron chi connectivity index (χ0n) is 10.7. The van der Waals surface area contributed by atoms with Crippen molar-refractivity contribution in [3.05, 3.63) is 0 Å². The fourth-order valence-electron chi connectivity index (χ4n) is 1.62. The van der Waals surface area contributed by atoms with Crippen LogP contribution in [-0.4, -0.2) is 30.8 Å². The molecule has 0 rings (SSSR count). The van der Waals surface area contributed by atoms with Gasteiger partial charge in [-0.25, -0.2) is 0 Å². The Hall–Kier alpha value is -0.370. The summed E-state index contributed by atoms with van der Waals surface area (Å²) in [5.74, 6) is 0.447. The molecule has 2 nitrogen and oxygen atoms in total. The summed E-state index contributed by atoms with van der Waals surface area (Å²) in [5.41, 5.74) is 0. The number of rotatable bonds is 10. The van der Waals surface area contributed by atoms with E-state index in [0.717, 1.165) is 32.2 Å². The average Bonchev–Trinajstić information content (AvgIpc) is 2.23. The van der Waals surface area contributed by atoms with Gasteiger partial charge in [0, 0.05) is 12.8 Å². The fraction of sp³-hybridized carbons (Fsp3) is 0.923. The lowest BCUT2D eigenvalue weighted by Crippen LogP contribution is -2.18. The molecule has 15 heavy (non-hydrogen) atoms. The van der Waals surface area contributed by atoms with Gasteiger partial charge in [0.05, 0.1) is 0 Å². The highest BCUT2D eigenvalue weighted by atomic mass is 16.1. The van der Waals surface area contributed by atoms with E-state index in [-0.39, 0.29) is 0 Å². The minimum atomic E-state index is 0.447. The largest absolute Gasteiger partial charge is 0.307 e. The zero-order valence-corrected chi connectivity index (χ0v) is 10.7. The molecular formula is C13H27NO. The molecule has 0 fully saturated rings. The van der Waals surface area contributed by atoms with Crippen LogP contribution in [0.15, 0.2) is 0 Å². The van der Waals surface area contributed by atoms with Crippen LogP contribution in [0.5, 0.6) is 0 Å². The van der Waals surface area contributed by atoms with Crippen molar-refractivity contribution in [2.24, 2.45) is 0 Å². The van der Waals surface area contributed by atoms with E-state index >= 15 is 0 Å². The van der Waals surface area contributed by atoms with Gasteiger partial charge in [0.1, 0.15) is 5.78 Å². The van der Waals surface area contributed by atoms with Gasteiger partial charge in [-0.15, -0.1) is 0 Å². The fourth-order valence-corrected chi connectivity index (χ4v) is 1.62. The molecule has 0 aliphatic carbocycles. The molecule has 0 aromatic rings. The molecule has 0 aliphatic rings. The smallest absolute Gasteiger partial charge is 0.132 e. The van der Waals surface area contributed by atoms with Crippen molar-refractivity contribution in [1.82, 2.24) is 4.90 Å². The first kappa shape index (κ1) is 14.6. The molecule has 0 amide bonds. The third-order valence-electron chi connectivity index (χ3n) is 2.81. The molecule has 2 heteroatoms. The second kappa shape index (κ2) is 10.2. The van der Waals surface area contributed by atoms with Crippen molar-refractivity contribution in [3.8, 4) is 0 Å². The second-order valence-corrected chi connectivity index (χ2v) is 4.35. The van der Waals surface area contributed by atoms with E-state index in [1.54, 1.807) is 0 Å². The zero-order chi connectivity index (χ0) is 11.5. The minimum absolute atomic E-state index is 0.447. The molecule has 0 aromatic heterocycles. The summed E-state index contributed by atoms with van der Waals surface area (Å²) in [5, 5.41) is 0. The molecule has 0 bridgehead atoms. The van der Waals surface area contributed by atoms with Crippen LogP contribution < -0.4 is 0 Å². The summed E-state index contributed by atoms with van der Waals surface area (Å²) >= 11 is 0. The van der Waals surface area contributed by atoms with E-state index in [0.29, 0.717) is 5.78 Å². The first-order valence-corrected chi connectivity index (χ1v) is 6.41. The molecule has 0 aromatic carbocycles. The topological polar surface area (TPSA) is 20.3 Å². The van der Waals surface area contributed by atoms with Crippen LogP contribution in [0.4, 0.5) is 0 Å². The maximum Gasteiger partial charge on any atom is 0.132 e. The lowest BCUT2D eigenvalue weighted by Gasteiger charge is -2.12. The molecule has 0 aliphatic heterocycles. The first-order valence-electron chi connectivity index (χ1n) is 6.41. The number of carbonyl (C=O) groups excluding carboxylic acids is 1. The summed E-state index contributed by atoms with van der Waals surface area (Å²) in [6.45, 7) is 6.58. The van der Waals surface area contributed by atoms with E-state index in [1.807, 2.05) is 0 Å². The normalized spacial score (nSPS) is 10.9. The van der Waals surface area contributed by atoms with Crippen LogP contribution in [0.25, 0.3) is 0 Å². The molecule has 0 atom stereocenters. The number of ketones is 1. The summed E-state index contributed by atoms with van der Waals surface area (Å²) in [6, 6.07) is 0. The van der Waals surface area contributed by atoms with E-state index in [4.69, 9.17) is 0 Å². The average molecular weight is 213 g/mol. The van der Waals surface area contributed by atoms with Crippen molar-refractivity contribution in [2.75, 3.05) is 20.1 Å². The van der Waals surface area contributed by atoms with Crippen LogP contribution in [0, 0.1) is 0 Å². The van der Waals surface area contributed by atoms with Gasteiger partial charge < -0.3 is 4.90 Å². The number of unbranched alkanes of at least 4 members (excludes halogenated alkanes) is 3. The Bertz CT molecular complexity index is 157. The van der Waals surface area contributed by atoms with E-state index in [1.165, 1.54) is 25.8 Å². The number of carbonyl (C=O) groups is 1. The summed E-state index contributed by atoms with van der Waals surface area (Å²) in [7, 11) is 2.16. The summed E-state index contributed by atoms with van der Waals surface area (Å²) in [6.07, 6.45) is 7.42. The monoisotopic (exact) mass is 213 g/mol. The van der Waals surface area contributed by atoms with Gasteiger partial charge in [-0.05, 0) is 39.4 Å². The van der Waals surface area contributed by atoms with Gasteiger partial charge in [0.25, 0.3) is 0 Å². The van der Waals surface area contributed by atoms with Crippen LogP contribution in [0.3, 0.4) is 0 Å². The molecule has 0 radical (unpaired) electrons. The maximum absolute atomic E-state index is 11.2. The highest BCUT2D eigenvalue weighted by Gasteiger charge is 2.00. The highest BCUT2D eigenvalue weighted by Crippen LogP contribution is 2.06. The number of hydrogen-bond donors (Lipinski definition) is 0.